The summed E-state index contributed by atoms with van der Waals surface area (Å²) in [6, 6.07) is 18.6. The third-order valence-electron chi connectivity index (χ3n) is 4.10. The lowest BCUT2D eigenvalue weighted by atomic mass is 10.1. The van der Waals surface area contributed by atoms with Gasteiger partial charge in [-0.3, -0.25) is 0 Å². The van der Waals surface area contributed by atoms with E-state index in [-0.39, 0.29) is 11.6 Å². The van der Waals surface area contributed by atoms with E-state index in [1.165, 1.54) is 6.26 Å². The third kappa shape index (κ3) is 3.66. The van der Waals surface area contributed by atoms with Gasteiger partial charge in [0.1, 0.15) is 6.61 Å². The minimum Gasteiger partial charge on any atom is -0.493 e. The summed E-state index contributed by atoms with van der Waals surface area (Å²) in [6.45, 7) is 0.364. The highest BCUT2D eigenvalue weighted by Gasteiger charge is 2.26. The van der Waals surface area contributed by atoms with Gasteiger partial charge in [-0.25, -0.2) is 9.79 Å². The molecule has 6 nitrogen and oxygen atoms in total. The molecule has 0 saturated carbocycles. The van der Waals surface area contributed by atoms with Crippen LogP contribution in [0.2, 0.25) is 0 Å². The van der Waals surface area contributed by atoms with Crippen LogP contribution < -0.4 is 9.47 Å². The van der Waals surface area contributed by atoms with Gasteiger partial charge in [-0.1, -0.05) is 42.5 Å². The quantitative estimate of drug-likeness (QED) is 0.477. The Kier molecular flexibility index (Phi) is 4.93. The number of aliphatic imine (C=N–C) groups is 1. The lowest BCUT2D eigenvalue weighted by Gasteiger charge is -2.13. The van der Waals surface area contributed by atoms with Crippen LogP contribution in [0.15, 0.2) is 82.0 Å². The van der Waals surface area contributed by atoms with Gasteiger partial charge in [-0.15, -0.1) is 0 Å². The van der Waals surface area contributed by atoms with Gasteiger partial charge in [-0.2, -0.15) is 0 Å². The number of benzene rings is 2. The van der Waals surface area contributed by atoms with E-state index in [0.29, 0.717) is 29.4 Å². The smallest absolute Gasteiger partial charge is 0.363 e. The second-order valence-corrected chi connectivity index (χ2v) is 5.97. The fourth-order valence-corrected chi connectivity index (χ4v) is 2.75. The average molecular weight is 375 g/mol. The van der Waals surface area contributed by atoms with E-state index >= 15 is 0 Å². The largest absolute Gasteiger partial charge is 0.493 e. The summed E-state index contributed by atoms with van der Waals surface area (Å²) in [4.78, 5) is 16.4. The Bertz CT molecular complexity index is 1040. The molecule has 1 aliphatic rings. The topological polar surface area (TPSA) is 70.3 Å². The van der Waals surface area contributed by atoms with E-state index < -0.39 is 5.97 Å². The van der Waals surface area contributed by atoms with Crippen molar-refractivity contribution in [2.75, 3.05) is 7.11 Å². The Labute approximate surface area is 161 Å². The number of nitrogens with zero attached hydrogens (tertiary/aromatic N) is 1. The molecule has 0 radical (unpaired) electrons. The molecular weight excluding hydrogens is 358 g/mol. The monoisotopic (exact) mass is 375 g/mol. The first-order valence-corrected chi connectivity index (χ1v) is 8.65. The summed E-state index contributed by atoms with van der Waals surface area (Å²) >= 11 is 0. The van der Waals surface area contributed by atoms with Gasteiger partial charge in [-0.05, 0) is 29.8 Å². The summed E-state index contributed by atoms with van der Waals surface area (Å²) in [5.41, 5.74) is 1.83. The highest BCUT2D eigenvalue weighted by Crippen LogP contribution is 2.34. The number of furan rings is 1. The number of hydrogen-bond donors (Lipinski definition) is 0. The Morgan fingerprint density at radius 2 is 1.89 bits per heavy atom. The van der Waals surface area contributed by atoms with Crippen molar-refractivity contribution in [1.82, 2.24) is 0 Å². The Morgan fingerprint density at radius 1 is 1.04 bits per heavy atom. The molecular formula is C22H17NO5. The first-order valence-electron chi connectivity index (χ1n) is 8.65. The molecule has 0 spiro atoms. The zero-order valence-corrected chi connectivity index (χ0v) is 15.1. The highest BCUT2D eigenvalue weighted by molar-refractivity contribution is 6.12. The van der Waals surface area contributed by atoms with Gasteiger partial charge in [0.2, 0.25) is 0 Å². The number of rotatable bonds is 6. The van der Waals surface area contributed by atoms with Crippen LogP contribution in [0.25, 0.3) is 6.08 Å². The lowest BCUT2D eigenvalue weighted by Crippen LogP contribution is -2.04. The molecule has 6 heteroatoms. The maximum absolute atomic E-state index is 12.2. The lowest BCUT2D eigenvalue weighted by molar-refractivity contribution is -0.130. The van der Waals surface area contributed by atoms with E-state index in [2.05, 4.69) is 4.99 Å². The van der Waals surface area contributed by atoms with Crippen LogP contribution in [0.4, 0.5) is 0 Å². The second kappa shape index (κ2) is 7.84. The van der Waals surface area contributed by atoms with Crippen molar-refractivity contribution in [3.8, 4) is 11.5 Å². The number of esters is 1. The Balaban J connectivity index is 1.65. The molecule has 4 rings (SSSR count). The van der Waals surface area contributed by atoms with Crippen molar-refractivity contribution in [2.45, 2.75) is 6.61 Å². The number of cyclic esters (lactones) is 1. The van der Waals surface area contributed by atoms with Crippen molar-refractivity contribution in [1.29, 1.82) is 0 Å². The summed E-state index contributed by atoms with van der Waals surface area (Å²) < 4.78 is 21.9. The molecule has 0 aliphatic carbocycles. The van der Waals surface area contributed by atoms with Crippen LogP contribution in [0.3, 0.4) is 0 Å². The van der Waals surface area contributed by atoms with Crippen molar-refractivity contribution >= 4 is 17.9 Å². The number of carbonyl (C=O) groups excluding carboxylic acids is 1. The van der Waals surface area contributed by atoms with E-state index in [1.54, 1.807) is 31.4 Å². The van der Waals surface area contributed by atoms with E-state index in [9.17, 15) is 4.79 Å². The summed E-state index contributed by atoms with van der Waals surface area (Å²) in [6.07, 6.45) is 3.10. The number of hydrogen-bond acceptors (Lipinski definition) is 6. The molecule has 140 valence electrons. The standard InChI is InChI=1S/C22H17NO5/c1-25-18-10-5-9-16(20(18)27-14-15-7-3-2-4-8-15)13-17-22(24)28-21(23-17)19-11-6-12-26-19/h2-13H,14H2,1H3/b17-13+. The predicted octanol–water partition coefficient (Wildman–Crippen LogP) is 4.21. The van der Waals surface area contributed by atoms with Gasteiger partial charge in [0, 0.05) is 5.56 Å². The number of carbonyl (C=O) groups is 1. The molecule has 28 heavy (non-hydrogen) atoms. The zero-order valence-electron chi connectivity index (χ0n) is 15.1. The van der Waals surface area contributed by atoms with Gasteiger partial charge in [0.25, 0.3) is 5.90 Å². The van der Waals surface area contributed by atoms with Crippen molar-refractivity contribution in [3.05, 3.63) is 89.5 Å². The molecule has 1 aliphatic heterocycles. The minimum absolute atomic E-state index is 0.135. The summed E-state index contributed by atoms with van der Waals surface area (Å²) in [7, 11) is 1.57. The molecule has 0 amide bonds. The van der Waals surface area contributed by atoms with Crippen molar-refractivity contribution < 1.29 is 23.4 Å². The number of ether oxygens (including phenoxy) is 3. The first-order chi connectivity index (χ1) is 13.7. The Hall–Kier alpha value is -3.80. The van der Waals surface area contributed by atoms with Crippen molar-refractivity contribution in [2.24, 2.45) is 4.99 Å². The van der Waals surface area contributed by atoms with Crippen LogP contribution in [0, 0.1) is 0 Å². The predicted molar refractivity (Wildman–Crippen MR) is 103 cm³/mol. The SMILES string of the molecule is COc1cccc(/C=C2/N=C(c3ccco3)OC2=O)c1OCc1ccccc1. The highest BCUT2D eigenvalue weighted by atomic mass is 16.6. The van der Waals surface area contributed by atoms with Gasteiger partial charge in [0.15, 0.2) is 23.0 Å². The van der Waals surface area contributed by atoms with Crippen molar-refractivity contribution in [3.63, 3.8) is 0 Å². The minimum atomic E-state index is -0.553. The zero-order chi connectivity index (χ0) is 19.3. The molecule has 0 bridgehead atoms. The number of methoxy groups -OCH3 is 1. The molecule has 0 fully saturated rings. The summed E-state index contributed by atoms with van der Waals surface area (Å²) in [5, 5.41) is 0. The first kappa shape index (κ1) is 17.6. The summed E-state index contributed by atoms with van der Waals surface area (Å²) in [5.74, 6) is 1.06. The molecule has 1 aromatic heterocycles. The van der Waals surface area contributed by atoms with Crippen LogP contribution in [0.5, 0.6) is 11.5 Å². The molecule has 0 saturated heterocycles. The molecule has 2 aromatic carbocycles. The fourth-order valence-electron chi connectivity index (χ4n) is 2.75. The Morgan fingerprint density at radius 3 is 2.64 bits per heavy atom. The normalized spacial score (nSPS) is 14.7. The van der Waals surface area contributed by atoms with E-state index in [0.717, 1.165) is 5.56 Å². The molecule has 2 heterocycles. The molecule has 0 N–H and O–H groups in total. The molecule has 0 atom stereocenters. The van der Waals surface area contributed by atoms with E-state index in [1.807, 2.05) is 42.5 Å². The third-order valence-corrected chi connectivity index (χ3v) is 4.10. The van der Waals surface area contributed by atoms with Crippen LogP contribution >= 0.6 is 0 Å². The van der Waals surface area contributed by atoms with Crippen LogP contribution in [-0.2, 0) is 16.1 Å². The maximum atomic E-state index is 12.2. The van der Waals surface area contributed by atoms with Gasteiger partial charge < -0.3 is 18.6 Å². The maximum Gasteiger partial charge on any atom is 0.363 e. The molecule has 0 unspecified atom stereocenters. The van der Waals surface area contributed by atoms with Crippen LogP contribution in [-0.4, -0.2) is 19.0 Å². The van der Waals surface area contributed by atoms with Gasteiger partial charge in [0.05, 0.1) is 13.4 Å². The van der Waals surface area contributed by atoms with E-state index in [4.69, 9.17) is 18.6 Å². The van der Waals surface area contributed by atoms with Gasteiger partial charge >= 0.3 is 5.97 Å². The average Bonchev–Trinajstić information content (AvgIpc) is 3.38. The fraction of sp³-hybridized carbons (Fsp3) is 0.0909. The second-order valence-electron chi connectivity index (χ2n) is 5.97. The number of para-hydroxylation sites is 1. The van der Waals surface area contributed by atoms with Crippen LogP contribution in [0.1, 0.15) is 16.9 Å². The molecule has 3 aromatic rings.